The molecule has 0 aromatic carbocycles. The van der Waals surface area contributed by atoms with E-state index >= 15 is 0 Å². The van der Waals surface area contributed by atoms with Crippen LogP contribution in [0.25, 0.3) is 0 Å². The van der Waals surface area contributed by atoms with Gasteiger partial charge in [0.1, 0.15) is 0 Å². The first-order valence-corrected chi connectivity index (χ1v) is 5.41. The maximum absolute atomic E-state index is 5.42. The Bertz CT molecular complexity index is 157. The maximum Gasteiger partial charge on any atom is 0.0622 e. The van der Waals surface area contributed by atoms with Crippen molar-refractivity contribution in [3.8, 4) is 0 Å². The molecule has 2 fully saturated rings. The lowest BCUT2D eigenvalue weighted by atomic mass is 10.2. The molecular weight excluding hydrogens is 164 g/mol. The fraction of sp³-hybridized carbons (Fsp3) is 1.00. The van der Waals surface area contributed by atoms with Crippen LogP contribution in [0.1, 0.15) is 19.8 Å². The van der Waals surface area contributed by atoms with Crippen LogP contribution >= 0.6 is 0 Å². The lowest BCUT2D eigenvalue weighted by Crippen LogP contribution is -2.41. The quantitative estimate of drug-likeness (QED) is 0.641. The Labute approximate surface area is 80.4 Å². The Balaban J connectivity index is 1.88. The van der Waals surface area contributed by atoms with Gasteiger partial charge in [-0.1, -0.05) is 0 Å². The number of hydrogen-bond donors (Lipinski definition) is 1. The van der Waals surface area contributed by atoms with Crippen LogP contribution in [0.15, 0.2) is 0 Å². The lowest BCUT2D eigenvalue weighted by Gasteiger charge is -2.27. The summed E-state index contributed by atoms with van der Waals surface area (Å²) in [7, 11) is 0. The molecule has 3 heteroatoms. The van der Waals surface area contributed by atoms with Crippen LogP contribution in [0.2, 0.25) is 0 Å². The van der Waals surface area contributed by atoms with Gasteiger partial charge in [-0.2, -0.15) is 0 Å². The largest absolute Gasteiger partial charge is 0.380 e. The average Bonchev–Trinajstić information content (AvgIpc) is 2.56. The molecule has 0 aliphatic carbocycles. The highest BCUT2D eigenvalue weighted by molar-refractivity contribution is 4.81. The first-order valence-electron chi connectivity index (χ1n) is 5.41. The van der Waals surface area contributed by atoms with Gasteiger partial charge >= 0.3 is 0 Å². The molecule has 0 amide bonds. The van der Waals surface area contributed by atoms with Gasteiger partial charge in [-0.05, 0) is 32.9 Å². The molecule has 13 heavy (non-hydrogen) atoms. The monoisotopic (exact) mass is 184 g/mol. The highest BCUT2D eigenvalue weighted by atomic mass is 16.5. The van der Waals surface area contributed by atoms with E-state index in [1.165, 1.54) is 32.5 Å². The van der Waals surface area contributed by atoms with Crippen LogP contribution in [0.4, 0.5) is 0 Å². The number of nitrogens with zero attached hydrogens (tertiary/aromatic N) is 1. The zero-order valence-corrected chi connectivity index (χ0v) is 8.46. The normalized spacial score (nSPS) is 37.6. The molecule has 3 nitrogen and oxygen atoms in total. The minimum atomic E-state index is 0.642. The smallest absolute Gasteiger partial charge is 0.0622 e. The van der Waals surface area contributed by atoms with E-state index in [0.29, 0.717) is 12.1 Å². The molecular formula is C10H20N2O. The van der Waals surface area contributed by atoms with Crippen molar-refractivity contribution in [2.75, 3.05) is 32.8 Å². The summed E-state index contributed by atoms with van der Waals surface area (Å²) in [6.45, 7) is 7.79. The molecule has 76 valence electrons. The molecule has 2 aliphatic heterocycles. The number of rotatable bonds is 1. The van der Waals surface area contributed by atoms with E-state index in [0.717, 1.165) is 13.2 Å². The van der Waals surface area contributed by atoms with E-state index in [-0.39, 0.29) is 0 Å². The summed E-state index contributed by atoms with van der Waals surface area (Å²) < 4.78 is 5.42. The molecule has 2 atom stereocenters. The maximum atomic E-state index is 5.42. The molecule has 2 heterocycles. The van der Waals surface area contributed by atoms with E-state index in [1.54, 1.807) is 0 Å². The summed E-state index contributed by atoms with van der Waals surface area (Å²) >= 11 is 0. The van der Waals surface area contributed by atoms with Crippen molar-refractivity contribution in [1.29, 1.82) is 0 Å². The predicted octanol–water partition coefficient (Wildman–Crippen LogP) is 0.459. The number of ether oxygens (including phenoxy) is 1. The summed E-state index contributed by atoms with van der Waals surface area (Å²) in [5, 5.41) is 3.52. The number of nitrogens with one attached hydrogen (secondary N) is 1. The van der Waals surface area contributed by atoms with Crippen LogP contribution in [-0.4, -0.2) is 49.8 Å². The Morgan fingerprint density at radius 2 is 2.38 bits per heavy atom. The van der Waals surface area contributed by atoms with E-state index < -0.39 is 0 Å². The summed E-state index contributed by atoms with van der Waals surface area (Å²) in [6, 6.07) is 1.34. The van der Waals surface area contributed by atoms with Gasteiger partial charge in [0.05, 0.1) is 6.61 Å². The van der Waals surface area contributed by atoms with Crippen LogP contribution in [0, 0.1) is 0 Å². The SMILES string of the molecule is CC1CN(C2CCOC2)CCCN1. The molecule has 1 N–H and O–H groups in total. The zero-order chi connectivity index (χ0) is 9.10. The Morgan fingerprint density at radius 3 is 3.15 bits per heavy atom. The van der Waals surface area contributed by atoms with E-state index in [1.807, 2.05) is 0 Å². The minimum Gasteiger partial charge on any atom is -0.380 e. The zero-order valence-electron chi connectivity index (χ0n) is 8.46. The summed E-state index contributed by atoms with van der Waals surface area (Å²) in [6.07, 6.45) is 2.51. The second-order valence-corrected chi connectivity index (χ2v) is 4.22. The second kappa shape index (κ2) is 4.40. The van der Waals surface area contributed by atoms with Crippen molar-refractivity contribution in [1.82, 2.24) is 10.2 Å². The van der Waals surface area contributed by atoms with Crippen molar-refractivity contribution in [3.05, 3.63) is 0 Å². The summed E-state index contributed by atoms with van der Waals surface area (Å²) in [5.74, 6) is 0. The first-order chi connectivity index (χ1) is 6.36. The van der Waals surface area contributed by atoms with Crippen LogP contribution in [-0.2, 0) is 4.74 Å². The van der Waals surface area contributed by atoms with Crippen molar-refractivity contribution in [2.45, 2.75) is 31.8 Å². The van der Waals surface area contributed by atoms with Crippen molar-refractivity contribution in [2.24, 2.45) is 0 Å². The van der Waals surface area contributed by atoms with E-state index in [2.05, 4.69) is 17.1 Å². The molecule has 0 aromatic rings. The van der Waals surface area contributed by atoms with Crippen LogP contribution in [0.5, 0.6) is 0 Å². The Hall–Kier alpha value is -0.120. The van der Waals surface area contributed by atoms with Crippen molar-refractivity contribution >= 4 is 0 Å². The second-order valence-electron chi connectivity index (χ2n) is 4.22. The van der Waals surface area contributed by atoms with Gasteiger partial charge < -0.3 is 10.1 Å². The fourth-order valence-electron chi connectivity index (χ4n) is 2.28. The molecule has 0 saturated carbocycles. The Kier molecular flexibility index (Phi) is 3.19. The summed E-state index contributed by atoms with van der Waals surface area (Å²) in [5.41, 5.74) is 0. The van der Waals surface area contributed by atoms with Crippen molar-refractivity contribution < 1.29 is 4.74 Å². The highest BCUT2D eigenvalue weighted by Crippen LogP contribution is 2.14. The van der Waals surface area contributed by atoms with E-state index in [9.17, 15) is 0 Å². The van der Waals surface area contributed by atoms with Gasteiger partial charge in [-0.25, -0.2) is 0 Å². The highest BCUT2D eigenvalue weighted by Gasteiger charge is 2.25. The Morgan fingerprint density at radius 1 is 1.46 bits per heavy atom. The van der Waals surface area contributed by atoms with Gasteiger partial charge in [-0.15, -0.1) is 0 Å². The standard InChI is InChI=1S/C10H20N2O/c1-9-7-12(5-2-4-11-9)10-3-6-13-8-10/h9-11H,2-8H2,1H3. The third kappa shape index (κ3) is 2.42. The minimum absolute atomic E-state index is 0.642. The van der Waals surface area contributed by atoms with Crippen LogP contribution < -0.4 is 5.32 Å². The van der Waals surface area contributed by atoms with Gasteiger partial charge in [0.15, 0.2) is 0 Å². The number of hydrogen-bond acceptors (Lipinski definition) is 3. The summed E-state index contributed by atoms with van der Waals surface area (Å²) in [4.78, 5) is 2.59. The molecule has 2 saturated heterocycles. The fourth-order valence-corrected chi connectivity index (χ4v) is 2.28. The molecule has 2 aliphatic rings. The van der Waals surface area contributed by atoms with Gasteiger partial charge in [-0.3, -0.25) is 4.90 Å². The van der Waals surface area contributed by atoms with Gasteiger partial charge in [0.25, 0.3) is 0 Å². The molecule has 0 spiro atoms. The molecule has 0 bridgehead atoms. The topological polar surface area (TPSA) is 24.5 Å². The molecule has 2 rings (SSSR count). The van der Waals surface area contributed by atoms with Gasteiger partial charge in [0.2, 0.25) is 0 Å². The third-order valence-corrected chi connectivity index (χ3v) is 3.05. The van der Waals surface area contributed by atoms with Crippen LogP contribution in [0.3, 0.4) is 0 Å². The third-order valence-electron chi connectivity index (χ3n) is 3.05. The first kappa shape index (κ1) is 9.44. The lowest BCUT2D eigenvalue weighted by molar-refractivity contribution is 0.143. The van der Waals surface area contributed by atoms with E-state index in [4.69, 9.17) is 4.74 Å². The average molecular weight is 184 g/mol. The van der Waals surface area contributed by atoms with Gasteiger partial charge in [0, 0.05) is 25.2 Å². The van der Waals surface area contributed by atoms with Crippen molar-refractivity contribution in [3.63, 3.8) is 0 Å². The predicted molar refractivity (Wildman–Crippen MR) is 52.9 cm³/mol. The molecule has 0 radical (unpaired) electrons. The molecule has 2 unspecified atom stereocenters. The molecule has 0 aromatic heterocycles.